The number of carbonyl (C=O) groups excluding carboxylic acids is 1. The van der Waals surface area contributed by atoms with Crippen LogP contribution in [0, 0.1) is 18.3 Å². The van der Waals surface area contributed by atoms with E-state index in [1.165, 1.54) is 36.0 Å². The first-order valence-electron chi connectivity index (χ1n) is 13.2. The number of aryl methyl sites for hydroxylation is 1. The van der Waals surface area contributed by atoms with Crippen molar-refractivity contribution < 1.29 is 19.0 Å². The molecule has 39 heavy (non-hydrogen) atoms. The van der Waals surface area contributed by atoms with Crippen LogP contribution in [0.5, 0.6) is 17.2 Å². The number of halogens is 1. The van der Waals surface area contributed by atoms with Crippen LogP contribution in [0.25, 0.3) is 6.08 Å². The van der Waals surface area contributed by atoms with Crippen molar-refractivity contribution in [3.8, 4) is 17.2 Å². The molecule has 204 valence electrons. The number of aliphatic imine (C=N–C) groups is 1. The predicted molar refractivity (Wildman–Crippen MR) is 156 cm³/mol. The van der Waals surface area contributed by atoms with Crippen LogP contribution in [0.3, 0.4) is 0 Å². The molecule has 8 nitrogen and oxygen atoms in total. The number of hydrazone groups is 1. The monoisotopic (exact) mass is 566 g/mol. The Bertz CT molecular complexity index is 1370. The van der Waals surface area contributed by atoms with Gasteiger partial charge in [0.25, 0.3) is 5.91 Å². The number of carbonyl (C=O) groups is 1. The van der Waals surface area contributed by atoms with Crippen molar-refractivity contribution in [2.24, 2.45) is 16.0 Å². The van der Waals surface area contributed by atoms with Crippen LogP contribution in [0.4, 0.5) is 0 Å². The molecule has 2 aromatic rings. The molecule has 0 aromatic heterocycles. The van der Waals surface area contributed by atoms with E-state index in [9.17, 15) is 4.79 Å². The van der Waals surface area contributed by atoms with Crippen LogP contribution in [0.1, 0.15) is 50.2 Å². The standard InChI is InChI=1S/C29H31ClN4O4S/c1-3-36-24-17-19(16-23(30)25(24)38-13-12-37-21-11-7-8-18(2)14-21)15-22-26(31)34-29(32-27(22)35)39-28(33-34)20-9-5-4-6-10-20/h7-8,11,14-17,20,31H,3-6,9-10,12-13H2,1-2H3/b22-15-,31-26?. The number of benzene rings is 2. The molecule has 5 rings (SSSR count). The molecular formula is C29H31ClN4O4S. The van der Waals surface area contributed by atoms with E-state index in [1.807, 2.05) is 38.1 Å². The summed E-state index contributed by atoms with van der Waals surface area (Å²) in [6, 6.07) is 11.2. The van der Waals surface area contributed by atoms with Crippen LogP contribution in [-0.4, -0.2) is 46.8 Å². The van der Waals surface area contributed by atoms with Gasteiger partial charge in [-0.2, -0.15) is 15.1 Å². The molecule has 2 aromatic carbocycles. The van der Waals surface area contributed by atoms with Gasteiger partial charge in [-0.3, -0.25) is 10.2 Å². The number of rotatable bonds is 9. The zero-order chi connectivity index (χ0) is 27.4. The maximum Gasteiger partial charge on any atom is 0.283 e. The van der Waals surface area contributed by atoms with Gasteiger partial charge in [-0.15, -0.1) is 0 Å². The van der Waals surface area contributed by atoms with E-state index in [0.29, 0.717) is 46.4 Å². The summed E-state index contributed by atoms with van der Waals surface area (Å²) < 4.78 is 17.5. The van der Waals surface area contributed by atoms with Gasteiger partial charge in [0.1, 0.15) is 24.0 Å². The quantitative estimate of drug-likeness (QED) is 0.268. The summed E-state index contributed by atoms with van der Waals surface area (Å²) in [6.07, 6.45) is 7.38. The Morgan fingerprint density at radius 3 is 2.69 bits per heavy atom. The van der Waals surface area contributed by atoms with E-state index < -0.39 is 5.91 Å². The largest absolute Gasteiger partial charge is 0.490 e. The number of amides is 1. The Labute approximate surface area is 237 Å². The number of ether oxygens (including phenoxy) is 3. The predicted octanol–water partition coefficient (Wildman–Crippen LogP) is 6.70. The van der Waals surface area contributed by atoms with Gasteiger partial charge in [0.2, 0.25) is 5.17 Å². The molecule has 2 aliphatic heterocycles. The summed E-state index contributed by atoms with van der Waals surface area (Å²) in [4.78, 5) is 17.2. The second-order valence-corrected chi connectivity index (χ2v) is 11.0. The molecule has 2 heterocycles. The highest BCUT2D eigenvalue weighted by molar-refractivity contribution is 8.27. The second-order valence-electron chi connectivity index (χ2n) is 9.57. The van der Waals surface area contributed by atoms with Gasteiger partial charge in [-0.1, -0.05) is 43.0 Å². The first-order chi connectivity index (χ1) is 18.9. The fourth-order valence-corrected chi connectivity index (χ4v) is 6.10. The highest BCUT2D eigenvalue weighted by Gasteiger charge is 2.38. The summed E-state index contributed by atoms with van der Waals surface area (Å²) in [5.74, 6) is 1.52. The van der Waals surface area contributed by atoms with Gasteiger partial charge < -0.3 is 14.2 Å². The van der Waals surface area contributed by atoms with Crippen molar-refractivity contribution >= 4 is 51.4 Å². The van der Waals surface area contributed by atoms with E-state index in [2.05, 4.69) is 10.1 Å². The van der Waals surface area contributed by atoms with Crippen LogP contribution in [0.15, 0.2) is 52.1 Å². The van der Waals surface area contributed by atoms with E-state index >= 15 is 0 Å². The average molecular weight is 567 g/mol. The number of fused-ring (bicyclic) bond motifs is 1. The number of thioether (sulfide) groups is 1. The molecule has 1 N–H and O–H groups in total. The Kier molecular flexibility index (Phi) is 8.57. The third-order valence-electron chi connectivity index (χ3n) is 6.66. The zero-order valence-electron chi connectivity index (χ0n) is 22.0. The normalized spacial score (nSPS) is 18.6. The fraction of sp³-hybridized carbons (Fsp3) is 0.379. The van der Waals surface area contributed by atoms with Crippen molar-refractivity contribution in [3.63, 3.8) is 0 Å². The fourth-order valence-electron chi connectivity index (χ4n) is 4.77. The minimum atomic E-state index is -0.471. The first-order valence-corrected chi connectivity index (χ1v) is 14.4. The highest BCUT2D eigenvalue weighted by Crippen LogP contribution is 2.39. The lowest BCUT2D eigenvalue weighted by Crippen LogP contribution is -2.35. The van der Waals surface area contributed by atoms with Gasteiger partial charge in [-0.05, 0) is 79.9 Å². The second kappa shape index (κ2) is 12.3. The molecule has 0 unspecified atom stereocenters. The summed E-state index contributed by atoms with van der Waals surface area (Å²) in [7, 11) is 0. The van der Waals surface area contributed by atoms with E-state index in [1.54, 1.807) is 18.2 Å². The maximum absolute atomic E-state index is 12.9. The molecule has 0 saturated heterocycles. The van der Waals surface area contributed by atoms with Gasteiger partial charge in [-0.25, -0.2) is 0 Å². The summed E-state index contributed by atoms with van der Waals surface area (Å²) in [5, 5.41) is 16.6. The van der Waals surface area contributed by atoms with Crippen molar-refractivity contribution in [3.05, 3.63) is 58.1 Å². The van der Waals surface area contributed by atoms with Crippen LogP contribution < -0.4 is 14.2 Å². The number of hydrogen-bond acceptors (Lipinski definition) is 7. The lowest BCUT2D eigenvalue weighted by molar-refractivity contribution is -0.114. The Balaban J connectivity index is 1.31. The van der Waals surface area contributed by atoms with Gasteiger partial charge in [0.15, 0.2) is 17.3 Å². The third kappa shape index (κ3) is 6.31. The molecule has 1 aliphatic carbocycles. The molecule has 10 heteroatoms. The molecule has 0 radical (unpaired) electrons. The average Bonchev–Trinajstić information content (AvgIpc) is 3.35. The van der Waals surface area contributed by atoms with Gasteiger partial charge in [0, 0.05) is 5.92 Å². The molecular weight excluding hydrogens is 536 g/mol. The SMILES string of the molecule is CCOc1cc(/C=C2/C(=N)N3N=C(C4CCCCC4)SC3=NC2=O)cc(Cl)c1OCCOc1cccc(C)c1. The smallest absolute Gasteiger partial charge is 0.283 e. The van der Waals surface area contributed by atoms with Crippen molar-refractivity contribution in [1.82, 2.24) is 5.01 Å². The molecule has 1 saturated carbocycles. The summed E-state index contributed by atoms with van der Waals surface area (Å²) in [6.45, 7) is 4.88. The zero-order valence-corrected chi connectivity index (χ0v) is 23.6. The number of hydrogen-bond donors (Lipinski definition) is 1. The molecule has 1 amide bonds. The van der Waals surface area contributed by atoms with Crippen molar-refractivity contribution in [2.45, 2.75) is 46.0 Å². The van der Waals surface area contributed by atoms with E-state index in [0.717, 1.165) is 29.2 Å². The molecule has 0 bridgehead atoms. The topological polar surface area (TPSA) is 96.6 Å². The van der Waals surface area contributed by atoms with E-state index in [-0.39, 0.29) is 18.0 Å². The molecule has 3 aliphatic rings. The van der Waals surface area contributed by atoms with Gasteiger partial charge >= 0.3 is 0 Å². The molecule has 0 atom stereocenters. The lowest BCUT2D eigenvalue weighted by atomic mass is 9.90. The summed E-state index contributed by atoms with van der Waals surface area (Å²) in [5.41, 5.74) is 1.86. The number of nitrogens with zero attached hydrogens (tertiary/aromatic N) is 3. The minimum absolute atomic E-state index is 0.00557. The third-order valence-corrected chi connectivity index (χ3v) is 8.01. The van der Waals surface area contributed by atoms with Gasteiger partial charge in [0.05, 0.1) is 17.2 Å². The summed E-state index contributed by atoms with van der Waals surface area (Å²) >= 11 is 8.00. The van der Waals surface area contributed by atoms with Crippen LogP contribution in [0.2, 0.25) is 5.02 Å². The lowest BCUT2D eigenvalue weighted by Gasteiger charge is -2.20. The molecule has 0 spiro atoms. The Morgan fingerprint density at radius 2 is 1.92 bits per heavy atom. The molecule has 1 fully saturated rings. The Hall–Kier alpha value is -3.30. The first kappa shape index (κ1) is 27.3. The number of amidine groups is 2. The van der Waals surface area contributed by atoms with Crippen LogP contribution in [-0.2, 0) is 4.79 Å². The minimum Gasteiger partial charge on any atom is -0.490 e. The maximum atomic E-state index is 12.9. The van der Waals surface area contributed by atoms with Crippen molar-refractivity contribution in [2.75, 3.05) is 19.8 Å². The van der Waals surface area contributed by atoms with Crippen molar-refractivity contribution in [1.29, 1.82) is 5.41 Å². The van der Waals surface area contributed by atoms with E-state index in [4.69, 9.17) is 31.2 Å². The highest BCUT2D eigenvalue weighted by atomic mass is 35.5. The number of nitrogens with one attached hydrogen (secondary N) is 1. The Morgan fingerprint density at radius 1 is 1.13 bits per heavy atom. The van der Waals surface area contributed by atoms with Crippen LogP contribution >= 0.6 is 23.4 Å².